The molecule has 0 bridgehead atoms. The average molecular weight is 251 g/mol. The molecule has 2 rings (SSSR count). The second-order valence-corrected chi connectivity index (χ2v) is 3.87. The van der Waals surface area contributed by atoms with Crippen molar-refractivity contribution in [3.63, 3.8) is 0 Å². The summed E-state index contributed by atoms with van der Waals surface area (Å²) in [4.78, 5) is 19.1. The van der Waals surface area contributed by atoms with Crippen LogP contribution in [-0.4, -0.2) is 15.8 Å². The first-order valence-corrected chi connectivity index (χ1v) is 4.89. The van der Waals surface area contributed by atoms with Crippen molar-refractivity contribution in [3.05, 3.63) is 34.7 Å². The van der Waals surface area contributed by atoms with Crippen LogP contribution in [0, 0.1) is 0 Å². The average Bonchev–Trinajstić information content (AvgIpc) is 2.16. The van der Waals surface area contributed by atoms with E-state index < -0.39 is 0 Å². The Hall–Kier alpha value is -1.29. The zero-order chi connectivity index (χ0) is 10.1. The molecule has 0 aliphatic heterocycles. The van der Waals surface area contributed by atoms with Crippen LogP contribution in [0.5, 0.6) is 0 Å². The highest BCUT2D eigenvalue weighted by Gasteiger charge is 2.04. The third-order valence-electron chi connectivity index (χ3n) is 1.86. The number of ketones is 1. The predicted molar refractivity (Wildman–Crippen MR) is 57.2 cm³/mol. The van der Waals surface area contributed by atoms with Gasteiger partial charge >= 0.3 is 0 Å². The fourth-order valence-electron chi connectivity index (χ4n) is 1.17. The Morgan fingerprint density at radius 3 is 2.93 bits per heavy atom. The normalized spacial score (nSPS) is 10.4. The highest BCUT2D eigenvalue weighted by atomic mass is 79.9. The van der Waals surface area contributed by atoms with Gasteiger partial charge in [-0.2, -0.15) is 0 Å². The molecule has 0 radical (unpaired) electrons. The number of carbonyl (C=O) groups is 1. The van der Waals surface area contributed by atoms with E-state index in [1.807, 2.05) is 18.2 Å². The second-order valence-electron chi connectivity index (χ2n) is 2.95. The number of aromatic nitrogens is 2. The monoisotopic (exact) mass is 250 g/mol. The highest BCUT2D eigenvalue weighted by Crippen LogP contribution is 2.17. The fraction of sp³-hybridized carbons (Fsp3) is 0.100. The Morgan fingerprint density at radius 2 is 2.21 bits per heavy atom. The Labute approximate surface area is 89.3 Å². The van der Waals surface area contributed by atoms with Gasteiger partial charge < -0.3 is 0 Å². The van der Waals surface area contributed by atoms with Crippen LogP contribution in [0.15, 0.2) is 28.9 Å². The quantitative estimate of drug-likeness (QED) is 0.731. The molecule has 0 aliphatic rings. The van der Waals surface area contributed by atoms with E-state index >= 15 is 0 Å². The van der Waals surface area contributed by atoms with Crippen molar-refractivity contribution < 1.29 is 4.79 Å². The summed E-state index contributed by atoms with van der Waals surface area (Å²) in [6.07, 6.45) is 1.66. The van der Waals surface area contributed by atoms with Crippen LogP contribution in [0.1, 0.15) is 17.5 Å². The van der Waals surface area contributed by atoms with Gasteiger partial charge in [-0.15, -0.1) is 0 Å². The number of fused-ring (bicyclic) bond motifs is 1. The lowest BCUT2D eigenvalue weighted by atomic mass is 10.2. The van der Waals surface area contributed by atoms with Gasteiger partial charge in [-0.25, -0.2) is 9.97 Å². The van der Waals surface area contributed by atoms with Crippen LogP contribution >= 0.6 is 15.9 Å². The van der Waals surface area contributed by atoms with Crippen molar-refractivity contribution in [1.29, 1.82) is 0 Å². The van der Waals surface area contributed by atoms with Crippen molar-refractivity contribution in [1.82, 2.24) is 9.97 Å². The Bertz CT molecular complexity index is 510. The number of nitrogens with zero attached hydrogens (tertiary/aromatic N) is 2. The molecule has 4 heteroatoms. The van der Waals surface area contributed by atoms with Crippen molar-refractivity contribution in [2.75, 3.05) is 0 Å². The summed E-state index contributed by atoms with van der Waals surface area (Å²) in [6, 6.07) is 5.69. The Balaban J connectivity index is 2.69. The summed E-state index contributed by atoms with van der Waals surface area (Å²) < 4.78 is 0.943. The molecule has 0 saturated carbocycles. The molecule has 0 saturated heterocycles. The lowest BCUT2D eigenvalue weighted by molar-refractivity contribution is 0.100. The van der Waals surface area contributed by atoms with Gasteiger partial charge in [0.15, 0.2) is 11.6 Å². The lowest BCUT2D eigenvalue weighted by Gasteiger charge is -1.98. The van der Waals surface area contributed by atoms with Gasteiger partial charge in [-0.1, -0.05) is 22.0 Å². The van der Waals surface area contributed by atoms with Crippen molar-refractivity contribution >= 4 is 32.6 Å². The van der Waals surface area contributed by atoms with E-state index in [-0.39, 0.29) is 11.6 Å². The predicted octanol–water partition coefficient (Wildman–Crippen LogP) is 2.59. The molecule has 1 heterocycles. The third kappa shape index (κ3) is 1.65. The maximum atomic E-state index is 11.0. The van der Waals surface area contributed by atoms with Gasteiger partial charge in [0, 0.05) is 23.0 Å². The van der Waals surface area contributed by atoms with Gasteiger partial charge in [0.2, 0.25) is 0 Å². The molecular weight excluding hydrogens is 244 g/mol. The molecule has 1 aromatic carbocycles. The maximum absolute atomic E-state index is 11.0. The van der Waals surface area contributed by atoms with Gasteiger partial charge in [-0.3, -0.25) is 4.79 Å². The Morgan fingerprint density at radius 1 is 1.43 bits per heavy atom. The molecule has 2 aromatic rings. The van der Waals surface area contributed by atoms with E-state index in [1.165, 1.54) is 6.92 Å². The number of Topliss-reactive ketones (excluding diaryl/α,β-unsaturated/α-hetero) is 1. The number of hydrogen-bond donors (Lipinski definition) is 0. The smallest absolute Gasteiger partial charge is 0.196 e. The molecule has 0 aliphatic carbocycles. The van der Waals surface area contributed by atoms with Gasteiger partial charge in [0.25, 0.3) is 0 Å². The first kappa shape index (κ1) is 9.27. The number of halogens is 1. The molecule has 0 fully saturated rings. The minimum absolute atomic E-state index is 0.119. The van der Waals surface area contributed by atoms with Crippen LogP contribution in [-0.2, 0) is 0 Å². The number of benzene rings is 1. The van der Waals surface area contributed by atoms with Gasteiger partial charge in [0.1, 0.15) is 0 Å². The summed E-state index contributed by atoms with van der Waals surface area (Å²) in [6.45, 7) is 1.46. The summed E-state index contributed by atoms with van der Waals surface area (Å²) in [5.74, 6) is 0.141. The largest absolute Gasteiger partial charge is 0.291 e. The molecule has 0 amide bonds. The molecule has 14 heavy (non-hydrogen) atoms. The molecule has 0 spiro atoms. The first-order valence-electron chi connectivity index (χ1n) is 4.10. The third-order valence-corrected chi connectivity index (χ3v) is 2.35. The van der Waals surface area contributed by atoms with E-state index in [4.69, 9.17) is 0 Å². The number of carbonyl (C=O) groups excluding carboxylic acids is 1. The molecule has 3 nitrogen and oxygen atoms in total. The summed E-state index contributed by atoms with van der Waals surface area (Å²) in [5, 5.41) is 0.929. The standard InChI is InChI=1S/C10H7BrN2O/c1-6(14)10-12-5-7-2-3-8(11)4-9(7)13-10/h2-5H,1H3. The molecule has 0 atom stereocenters. The number of hydrogen-bond acceptors (Lipinski definition) is 3. The van der Waals surface area contributed by atoms with E-state index in [2.05, 4.69) is 25.9 Å². The van der Waals surface area contributed by atoms with Crippen molar-refractivity contribution in [3.8, 4) is 0 Å². The zero-order valence-corrected chi connectivity index (χ0v) is 9.08. The van der Waals surface area contributed by atoms with Gasteiger partial charge in [-0.05, 0) is 12.1 Å². The van der Waals surface area contributed by atoms with E-state index in [0.29, 0.717) is 0 Å². The van der Waals surface area contributed by atoms with Crippen LogP contribution in [0.25, 0.3) is 10.9 Å². The van der Waals surface area contributed by atoms with Crippen molar-refractivity contribution in [2.24, 2.45) is 0 Å². The fourth-order valence-corrected chi connectivity index (χ4v) is 1.52. The lowest BCUT2D eigenvalue weighted by Crippen LogP contribution is -2.00. The van der Waals surface area contributed by atoms with E-state index in [1.54, 1.807) is 6.20 Å². The second kappa shape index (κ2) is 3.46. The van der Waals surface area contributed by atoms with Crippen LogP contribution in [0.2, 0.25) is 0 Å². The molecule has 0 N–H and O–H groups in total. The summed E-state index contributed by atoms with van der Waals surface area (Å²) >= 11 is 3.35. The minimum Gasteiger partial charge on any atom is -0.291 e. The van der Waals surface area contributed by atoms with Crippen LogP contribution < -0.4 is 0 Å². The molecular formula is C10H7BrN2O. The summed E-state index contributed by atoms with van der Waals surface area (Å²) in [7, 11) is 0. The summed E-state index contributed by atoms with van der Waals surface area (Å²) in [5.41, 5.74) is 0.777. The van der Waals surface area contributed by atoms with Crippen molar-refractivity contribution in [2.45, 2.75) is 6.92 Å². The minimum atomic E-state index is -0.119. The van der Waals surface area contributed by atoms with Crippen LogP contribution in [0.3, 0.4) is 0 Å². The van der Waals surface area contributed by atoms with E-state index in [0.717, 1.165) is 15.4 Å². The highest BCUT2D eigenvalue weighted by molar-refractivity contribution is 9.10. The zero-order valence-electron chi connectivity index (χ0n) is 7.49. The topological polar surface area (TPSA) is 42.9 Å². The SMILES string of the molecule is CC(=O)c1ncc2ccc(Br)cc2n1. The molecule has 0 unspecified atom stereocenters. The number of rotatable bonds is 1. The van der Waals surface area contributed by atoms with Gasteiger partial charge in [0.05, 0.1) is 5.52 Å². The maximum Gasteiger partial charge on any atom is 0.196 e. The molecule has 70 valence electrons. The molecule has 1 aromatic heterocycles. The first-order chi connectivity index (χ1) is 6.66. The Kier molecular flexibility index (Phi) is 2.29. The van der Waals surface area contributed by atoms with E-state index in [9.17, 15) is 4.79 Å². The van der Waals surface area contributed by atoms with Crippen LogP contribution in [0.4, 0.5) is 0 Å².